The molecule has 0 amide bonds. The number of piperidine rings is 1. The first kappa shape index (κ1) is 13.8. The Labute approximate surface area is 122 Å². The number of nitro benzene ring substituents is 1. The quantitative estimate of drug-likeness (QED) is 0.690. The van der Waals surface area contributed by atoms with Crippen LogP contribution < -0.4 is 10.1 Å². The molecule has 21 heavy (non-hydrogen) atoms. The van der Waals surface area contributed by atoms with Crippen molar-refractivity contribution in [3.63, 3.8) is 0 Å². The average Bonchev–Trinajstić information content (AvgIpc) is 2.53. The van der Waals surface area contributed by atoms with Crippen molar-refractivity contribution in [2.24, 2.45) is 5.92 Å². The second-order valence-electron chi connectivity index (χ2n) is 5.28. The first-order valence-corrected chi connectivity index (χ1v) is 7.10. The van der Waals surface area contributed by atoms with Crippen LogP contribution >= 0.6 is 0 Å². The molecule has 1 N–H and O–H groups in total. The Morgan fingerprint density at radius 1 is 1.38 bits per heavy atom. The van der Waals surface area contributed by atoms with Crippen molar-refractivity contribution in [2.45, 2.75) is 12.8 Å². The number of nitro groups is 1. The van der Waals surface area contributed by atoms with Gasteiger partial charge in [-0.1, -0.05) is 0 Å². The topological polar surface area (TPSA) is 77.3 Å². The Morgan fingerprint density at radius 3 is 3.05 bits per heavy atom. The number of aromatic nitrogens is 1. The van der Waals surface area contributed by atoms with Crippen LogP contribution in [0, 0.1) is 16.0 Å². The maximum Gasteiger partial charge on any atom is 0.277 e. The van der Waals surface area contributed by atoms with Crippen LogP contribution in [-0.2, 0) is 0 Å². The maximum atomic E-state index is 11.1. The molecule has 1 unspecified atom stereocenters. The van der Waals surface area contributed by atoms with Crippen molar-refractivity contribution in [3.8, 4) is 5.75 Å². The SMILES string of the molecule is O=[N+]([O-])c1ccc(OCC2CCCNC2)c2cnccc12. The second-order valence-corrected chi connectivity index (χ2v) is 5.28. The minimum atomic E-state index is -0.378. The summed E-state index contributed by atoms with van der Waals surface area (Å²) < 4.78 is 5.89. The minimum Gasteiger partial charge on any atom is -0.493 e. The number of benzene rings is 1. The second kappa shape index (κ2) is 6.05. The minimum absolute atomic E-state index is 0.0825. The van der Waals surface area contributed by atoms with Gasteiger partial charge in [-0.25, -0.2) is 0 Å². The number of ether oxygens (including phenoxy) is 1. The van der Waals surface area contributed by atoms with E-state index in [9.17, 15) is 10.1 Å². The van der Waals surface area contributed by atoms with Gasteiger partial charge in [-0.2, -0.15) is 0 Å². The van der Waals surface area contributed by atoms with Crippen LogP contribution in [0.4, 0.5) is 5.69 Å². The monoisotopic (exact) mass is 287 g/mol. The molecule has 1 aromatic carbocycles. The summed E-state index contributed by atoms with van der Waals surface area (Å²) in [5, 5.41) is 15.7. The molecule has 1 atom stereocenters. The summed E-state index contributed by atoms with van der Waals surface area (Å²) in [5.41, 5.74) is 0.0825. The van der Waals surface area contributed by atoms with Gasteiger partial charge in [0.25, 0.3) is 5.69 Å². The molecule has 1 aliphatic heterocycles. The summed E-state index contributed by atoms with van der Waals surface area (Å²) in [5.74, 6) is 1.15. The molecular weight excluding hydrogens is 270 g/mol. The lowest BCUT2D eigenvalue weighted by Gasteiger charge is -2.23. The van der Waals surface area contributed by atoms with Crippen molar-refractivity contribution in [2.75, 3.05) is 19.7 Å². The van der Waals surface area contributed by atoms with Gasteiger partial charge in [-0.3, -0.25) is 15.1 Å². The zero-order valence-electron chi connectivity index (χ0n) is 11.6. The van der Waals surface area contributed by atoms with Gasteiger partial charge in [0.1, 0.15) is 5.75 Å². The van der Waals surface area contributed by atoms with Gasteiger partial charge < -0.3 is 10.1 Å². The van der Waals surface area contributed by atoms with E-state index in [1.165, 1.54) is 6.07 Å². The van der Waals surface area contributed by atoms with Gasteiger partial charge >= 0.3 is 0 Å². The molecule has 0 bridgehead atoms. The predicted molar refractivity (Wildman–Crippen MR) is 79.5 cm³/mol. The van der Waals surface area contributed by atoms with Crippen LogP contribution in [0.15, 0.2) is 30.6 Å². The molecule has 2 aromatic rings. The predicted octanol–water partition coefficient (Wildman–Crippen LogP) is 2.52. The van der Waals surface area contributed by atoms with E-state index in [1.807, 2.05) is 0 Å². The van der Waals surface area contributed by atoms with E-state index in [1.54, 1.807) is 24.5 Å². The largest absolute Gasteiger partial charge is 0.493 e. The Bertz CT molecular complexity index is 654. The fraction of sp³-hybridized carbons (Fsp3) is 0.400. The van der Waals surface area contributed by atoms with Crippen molar-refractivity contribution in [3.05, 3.63) is 40.7 Å². The molecular formula is C15H17N3O3. The molecule has 0 radical (unpaired) electrons. The highest BCUT2D eigenvalue weighted by Gasteiger charge is 2.17. The fourth-order valence-electron chi connectivity index (χ4n) is 2.71. The average molecular weight is 287 g/mol. The number of pyridine rings is 1. The maximum absolute atomic E-state index is 11.1. The number of non-ortho nitro benzene ring substituents is 1. The van der Waals surface area contributed by atoms with Crippen LogP contribution in [0.2, 0.25) is 0 Å². The smallest absolute Gasteiger partial charge is 0.277 e. The van der Waals surface area contributed by atoms with Gasteiger partial charge in [0, 0.05) is 36.3 Å². The highest BCUT2D eigenvalue weighted by Crippen LogP contribution is 2.32. The first-order valence-electron chi connectivity index (χ1n) is 7.10. The number of rotatable bonds is 4. The summed E-state index contributed by atoms with van der Waals surface area (Å²) in [7, 11) is 0. The van der Waals surface area contributed by atoms with E-state index in [0.29, 0.717) is 29.0 Å². The lowest BCUT2D eigenvalue weighted by Crippen LogP contribution is -2.33. The number of hydrogen-bond acceptors (Lipinski definition) is 5. The fourth-order valence-corrected chi connectivity index (χ4v) is 2.71. The molecule has 3 rings (SSSR count). The van der Waals surface area contributed by atoms with E-state index >= 15 is 0 Å². The lowest BCUT2D eigenvalue weighted by molar-refractivity contribution is -0.383. The summed E-state index contributed by atoms with van der Waals surface area (Å²) in [6.45, 7) is 2.65. The molecule has 6 nitrogen and oxygen atoms in total. The third kappa shape index (κ3) is 2.95. The van der Waals surface area contributed by atoms with Crippen LogP contribution in [0.5, 0.6) is 5.75 Å². The van der Waals surface area contributed by atoms with Gasteiger partial charge in [0.15, 0.2) is 0 Å². The van der Waals surface area contributed by atoms with E-state index in [2.05, 4.69) is 10.3 Å². The summed E-state index contributed by atoms with van der Waals surface area (Å²) in [6.07, 6.45) is 5.49. The zero-order chi connectivity index (χ0) is 14.7. The van der Waals surface area contributed by atoms with Crippen LogP contribution in [0.25, 0.3) is 10.8 Å². The lowest BCUT2D eigenvalue weighted by atomic mass is 10.0. The number of nitrogens with zero attached hydrogens (tertiary/aromatic N) is 2. The van der Waals surface area contributed by atoms with E-state index < -0.39 is 0 Å². The first-order chi connectivity index (χ1) is 10.3. The molecule has 0 aliphatic carbocycles. The van der Waals surface area contributed by atoms with Gasteiger partial charge in [0.05, 0.1) is 16.9 Å². The Morgan fingerprint density at radius 2 is 2.29 bits per heavy atom. The molecule has 0 spiro atoms. The number of fused-ring (bicyclic) bond motifs is 1. The van der Waals surface area contributed by atoms with Gasteiger partial charge in [-0.15, -0.1) is 0 Å². The summed E-state index contributed by atoms with van der Waals surface area (Å²) >= 11 is 0. The van der Waals surface area contributed by atoms with Crippen molar-refractivity contribution in [1.82, 2.24) is 10.3 Å². The molecule has 1 fully saturated rings. The molecule has 1 aromatic heterocycles. The van der Waals surface area contributed by atoms with Crippen LogP contribution in [0.1, 0.15) is 12.8 Å². The van der Waals surface area contributed by atoms with Crippen molar-refractivity contribution in [1.29, 1.82) is 0 Å². The van der Waals surface area contributed by atoms with Crippen LogP contribution in [0.3, 0.4) is 0 Å². The summed E-state index contributed by atoms with van der Waals surface area (Å²) in [6, 6.07) is 4.82. The van der Waals surface area contributed by atoms with E-state index in [4.69, 9.17) is 4.74 Å². The van der Waals surface area contributed by atoms with Gasteiger partial charge in [0.2, 0.25) is 0 Å². The van der Waals surface area contributed by atoms with Crippen molar-refractivity contribution >= 4 is 16.5 Å². The third-order valence-corrected chi connectivity index (χ3v) is 3.83. The van der Waals surface area contributed by atoms with Crippen LogP contribution in [-0.4, -0.2) is 29.6 Å². The number of hydrogen-bond donors (Lipinski definition) is 1. The van der Waals surface area contributed by atoms with Crippen molar-refractivity contribution < 1.29 is 9.66 Å². The summed E-state index contributed by atoms with van der Waals surface area (Å²) in [4.78, 5) is 14.7. The van der Waals surface area contributed by atoms with Gasteiger partial charge in [-0.05, 0) is 31.5 Å². The standard InChI is InChI=1S/C15H17N3O3/c19-18(20)14-3-4-15(13-9-17-7-5-12(13)14)21-10-11-2-1-6-16-8-11/h3-5,7,9,11,16H,1-2,6,8,10H2. The highest BCUT2D eigenvalue weighted by atomic mass is 16.6. The Hall–Kier alpha value is -2.21. The molecule has 0 saturated carbocycles. The van der Waals surface area contributed by atoms with E-state index in [-0.39, 0.29) is 10.6 Å². The molecule has 110 valence electrons. The molecule has 2 heterocycles. The third-order valence-electron chi connectivity index (χ3n) is 3.83. The molecule has 1 aliphatic rings. The normalized spacial score (nSPS) is 18.6. The molecule has 6 heteroatoms. The zero-order valence-corrected chi connectivity index (χ0v) is 11.6. The highest BCUT2D eigenvalue weighted by molar-refractivity contribution is 5.94. The van der Waals surface area contributed by atoms with E-state index in [0.717, 1.165) is 25.9 Å². The Balaban J connectivity index is 1.85. The number of nitrogens with one attached hydrogen (secondary N) is 1. The molecule has 1 saturated heterocycles. The Kier molecular flexibility index (Phi) is 3.96.